The highest BCUT2D eigenvalue weighted by Crippen LogP contribution is 2.42. The van der Waals surface area contributed by atoms with Crippen LogP contribution in [0, 0.1) is 0 Å². The predicted molar refractivity (Wildman–Crippen MR) is 140 cm³/mol. The molecule has 6 nitrogen and oxygen atoms in total. The SMILES string of the molecule is C[C@@H](c1ccc(-c2ccc(S(C)(=O)=O)cc2)cc1)N1CC[C@](CC(C)(C)O)(c2ccccc2)OC1=O. The number of sulfone groups is 1. The van der Waals surface area contributed by atoms with Gasteiger partial charge in [-0.15, -0.1) is 0 Å². The molecule has 1 aliphatic heterocycles. The monoisotopic (exact) mass is 507 g/mol. The van der Waals surface area contributed by atoms with Gasteiger partial charge in [-0.1, -0.05) is 66.7 Å². The van der Waals surface area contributed by atoms with E-state index in [0.29, 0.717) is 19.4 Å². The van der Waals surface area contributed by atoms with Crippen LogP contribution in [0.5, 0.6) is 0 Å². The molecule has 1 aliphatic rings. The highest BCUT2D eigenvalue weighted by atomic mass is 32.2. The van der Waals surface area contributed by atoms with E-state index in [1.807, 2.05) is 61.5 Å². The summed E-state index contributed by atoms with van der Waals surface area (Å²) in [6.07, 6.45) is 1.67. The minimum Gasteiger partial charge on any atom is -0.438 e. The van der Waals surface area contributed by atoms with Crippen LogP contribution in [0.25, 0.3) is 11.1 Å². The first kappa shape index (κ1) is 25.9. The molecule has 1 N–H and O–H groups in total. The Kier molecular flexibility index (Phi) is 6.99. The molecule has 1 saturated heterocycles. The third-order valence-corrected chi connectivity index (χ3v) is 7.90. The first-order valence-electron chi connectivity index (χ1n) is 12.1. The smallest absolute Gasteiger partial charge is 0.411 e. The third-order valence-electron chi connectivity index (χ3n) is 6.77. The Morgan fingerprint density at radius 1 is 0.972 bits per heavy atom. The Morgan fingerprint density at radius 3 is 2.03 bits per heavy atom. The molecule has 7 heteroatoms. The van der Waals surface area contributed by atoms with Crippen LogP contribution in [0.1, 0.15) is 50.8 Å². The maximum Gasteiger partial charge on any atom is 0.411 e. The van der Waals surface area contributed by atoms with Crippen molar-refractivity contribution in [1.29, 1.82) is 0 Å². The molecule has 1 heterocycles. The van der Waals surface area contributed by atoms with E-state index in [-0.39, 0.29) is 10.9 Å². The van der Waals surface area contributed by atoms with E-state index >= 15 is 0 Å². The van der Waals surface area contributed by atoms with E-state index in [1.54, 1.807) is 43.0 Å². The number of hydrogen-bond donors (Lipinski definition) is 1. The highest BCUT2D eigenvalue weighted by Gasteiger charge is 2.46. The number of hydrogen-bond acceptors (Lipinski definition) is 5. The lowest BCUT2D eigenvalue weighted by atomic mass is 9.80. The Balaban J connectivity index is 1.51. The van der Waals surface area contributed by atoms with Crippen LogP contribution < -0.4 is 0 Å². The topological polar surface area (TPSA) is 83.9 Å². The van der Waals surface area contributed by atoms with Crippen LogP contribution >= 0.6 is 0 Å². The Labute approximate surface area is 213 Å². The van der Waals surface area contributed by atoms with Gasteiger partial charge < -0.3 is 14.7 Å². The fourth-order valence-corrected chi connectivity index (χ4v) is 5.55. The van der Waals surface area contributed by atoms with Gasteiger partial charge in [0.2, 0.25) is 0 Å². The van der Waals surface area contributed by atoms with E-state index in [9.17, 15) is 18.3 Å². The summed E-state index contributed by atoms with van der Waals surface area (Å²) in [5.74, 6) is 0. The lowest BCUT2D eigenvalue weighted by Gasteiger charge is -2.45. The third kappa shape index (κ3) is 5.63. The molecule has 0 aromatic heterocycles. The zero-order valence-corrected chi connectivity index (χ0v) is 22.0. The molecule has 0 unspecified atom stereocenters. The van der Waals surface area contributed by atoms with Crippen molar-refractivity contribution < 1.29 is 23.1 Å². The van der Waals surface area contributed by atoms with Crippen molar-refractivity contribution in [2.24, 2.45) is 0 Å². The standard InChI is InChI=1S/C29H33NO5S/c1-21(22-10-12-23(13-11-22)24-14-16-26(17-15-24)36(4,33)34)30-19-18-29(35-27(30)31,20-28(2,3)32)25-8-6-5-7-9-25/h5-17,21,32H,18-20H2,1-4H3/t21-,29-/m0/s1. The van der Waals surface area contributed by atoms with Crippen molar-refractivity contribution in [3.8, 4) is 11.1 Å². The van der Waals surface area contributed by atoms with Gasteiger partial charge in [0.1, 0.15) is 5.60 Å². The van der Waals surface area contributed by atoms with E-state index < -0.39 is 27.1 Å². The number of cyclic esters (lactones) is 1. The van der Waals surface area contributed by atoms with E-state index in [0.717, 1.165) is 22.3 Å². The first-order valence-corrected chi connectivity index (χ1v) is 14.0. The molecule has 190 valence electrons. The van der Waals surface area contributed by atoms with Crippen molar-refractivity contribution in [1.82, 2.24) is 4.90 Å². The van der Waals surface area contributed by atoms with Gasteiger partial charge in [0.05, 0.1) is 16.5 Å². The van der Waals surface area contributed by atoms with Crippen LogP contribution in [-0.4, -0.2) is 42.9 Å². The van der Waals surface area contributed by atoms with Crippen molar-refractivity contribution in [3.63, 3.8) is 0 Å². The molecule has 0 spiro atoms. The van der Waals surface area contributed by atoms with Crippen molar-refractivity contribution in [2.45, 2.75) is 55.8 Å². The molecule has 0 aliphatic carbocycles. The van der Waals surface area contributed by atoms with Crippen molar-refractivity contribution in [2.75, 3.05) is 12.8 Å². The minimum absolute atomic E-state index is 0.199. The van der Waals surface area contributed by atoms with E-state index in [4.69, 9.17) is 4.74 Å². The quantitative estimate of drug-likeness (QED) is 0.442. The summed E-state index contributed by atoms with van der Waals surface area (Å²) < 4.78 is 29.5. The molecule has 3 aromatic rings. The van der Waals surface area contributed by atoms with Crippen molar-refractivity contribution >= 4 is 15.9 Å². The van der Waals surface area contributed by atoms with Gasteiger partial charge in [0.15, 0.2) is 9.84 Å². The lowest BCUT2D eigenvalue weighted by molar-refractivity contribution is -0.101. The van der Waals surface area contributed by atoms with Crippen LogP contribution in [0.2, 0.25) is 0 Å². The highest BCUT2D eigenvalue weighted by molar-refractivity contribution is 7.90. The molecule has 3 aromatic carbocycles. The van der Waals surface area contributed by atoms with Gasteiger partial charge in [-0.05, 0) is 55.2 Å². The molecule has 36 heavy (non-hydrogen) atoms. The number of nitrogens with zero attached hydrogens (tertiary/aromatic N) is 1. The van der Waals surface area contributed by atoms with Crippen LogP contribution in [0.4, 0.5) is 4.79 Å². The van der Waals surface area contributed by atoms with Crippen LogP contribution in [0.3, 0.4) is 0 Å². The normalized spacial score (nSPS) is 19.6. The molecule has 0 bridgehead atoms. The van der Waals surface area contributed by atoms with E-state index in [2.05, 4.69) is 0 Å². The van der Waals surface area contributed by atoms with Crippen molar-refractivity contribution in [3.05, 3.63) is 90.0 Å². The fraction of sp³-hybridized carbons (Fsp3) is 0.345. The summed E-state index contributed by atoms with van der Waals surface area (Å²) in [5, 5.41) is 10.6. The second-order valence-electron chi connectivity index (χ2n) is 10.3. The summed E-state index contributed by atoms with van der Waals surface area (Å²) >= 11 is 0. The summed E-state index contributed by atoms with van der Waals surface area (Å²) in [6, 6.07) is 24.2. The van der Waals surface area contributed by atoms with Gasteiger partial charge in [0.25, 0.3) is 0 Å². The number of ether oxygens (including phenoxy) is 1. The molecule has 1 fully saturated rings. The average Bonchev–Trinajstić information content (AvgIpc) is 2.83. The number of carbonyl (C=O) groups is 1. The first-order chi connectivity index (χ1) is 16.9. The molecular weight excluding hydrogens is 474 g/mol. The number of amides is 1. The van der Waals surface area contributed by atoms with Gasteiger partial charge >= 0.3 is 6.09 Å². The molecule has 1 amide bonds. The second kappa shape index (κ2) is 9.71. The Hall–Kier alpha value is -3.16. The fourth-order valence-electron chi connectivity index (χ4n) is 4.92. The molecule has 0 saturated carbocycles. The molecule has 2 atom stereocenters. The zero-order valence-electron chi connectivity index (χ0n) is 21.1. The molecule has 4 rings (SSSR count). The van der Waals surface area contributed by atoms with Gasteiger partial charge in [-0.2, -0.15) is 0 Å². The number of rotatable bonds is 7. The number of aliphatic hydroxyl groups is 1. The zero-order chi connectivity index (χ0) is 26.1. The molecule has 0 radical (unpaired) electrons. The van der Waals surface area contributed by atoms with Gasteiger partial charge in [-0.25, -0.2) is 13.2 Å². The summed E-state index contributed by atoms with van der Waals surface area (Å²) in [4.78, 5) is 15.3. The lowest BCUT2D eigenvalue weighted by Crippen LogP contribution is -2.51. The molecular formula is C29H33NO5S. The maximum absolute atomic E-state index is 13.3. The van der Waals surface area contributed by atoms with Gasteiger partial charge in [-0.3, -0.25) is 0 Å². The number of benzene rings is 3. The summed E-state index contributed by atoms with van der Waals surface area (Å²) in [7, 11) is -3.24. The summed E-state index contributed by atoms with van der Waals surface area (Å²) in [5.41, 5.74) is 1.85. The van der Waals surface area contributed by atoms with Crippen LogP contribution in [0.15, 0.2) is 83.8 Å². The van der Waals surface area contributed by atoms with Crippen LogP contribution in [-0.2, 0) is 20.2 Å². The number of carbonyl (C=O) groups excluding carboxylic acids is 1. The minimum atomic E-state index is -3.24. The largest absolute Gasteiger partial charge is 0.438 e. The van der Waals surface area contributed by atoms with Gasteiger partial charge in [0, 0.05) is 25.6 Å². The summed E-state index contributed by atoms with van der Waals surface area (Å²) in [6.45, 7) is 5.94. The second-order valence-corrected chi connectivity index (χ2v) is 12.3. The maximum atomic E-state index is 13.3. The average molecular weight is 508 g/mol. The Morgan fingerprint density at radius 2 is 1.53 bits per heavy atom. The Bertz CT molecular complexity index is 1310. The van der Waals surface area contributed by atoms with E-state index in [1.165, 1.54) is 6.26 Å². The predicted octanol–water partition coefficient (Wildman–Crippen LogP) is 5.72.